The Morgan fingerprint density at radius 1 is 1.53 bits per heavy atom. The fourth-order valence-electron chi connectivity index (χ4n) is 1.81. The van der Waals surface area contributed by atoms with Crippen molar-refractivity contribution in [1.82, 2.24) is 4.57 Å². The van der Waals surface area contributed by atoms with Crippen molar-refractivity contribution in [3.8, 4) is 0 Å². The quantitative estimate of drug-likeness (QED) is 0.753. The molecule has 84 valence electrons. The lowest BCUT2D eigenvalue weighted by atomic mass is 10.1. The molecule has 1 aromatic heterocycles. The Hall–Kier alpha value is -1.25. The third kappa shape index (κ3) is 2.22. The van der Waals surface area contributed by atoms with E-state index < -0.39 is 0 Å². The number of aliphatic imine (C=N–C) groups is 1. The van der Waals surface area contributed by atoms with E-state index in [9.17, 15) is 0 Å². The van der Waals surface area contributed by atoms with Crippen molar-refractivity contribution in [1.29, 1.82) is 0 Å². The van der Waals surface area contributed by atoms with E-state index in [-0.39, 0.29) is 0 Å². The maximum absolute atomic E-state index is 4.43. The predicted octanol–water partition coefficient (Wildman–Crippen LogP) is 3.40. The molecule has 1 heterocycles. The summed E-state index contributed by atoms with van der Waals surface area (Å²) in [6.07, 6.45) is 1.84. The summed E-state index contributed by atoms with van der Waals surface area (Å²) in [4.78, 5) is 4.43. The van der Waals surface area contributed by atoms with Crippen molar-refractivity contribution in [3.63, 3.8) is 0 Å². The number of aromatic nitrogens is 1. The molecule has 0 aliphatic rings. The summed E-state index contributed by atoms with van der Waals surface area (Å²) >= 11 is 0. The van der Waals surface area contributed by atoms with Crippen molar-refractivity contribution < 1.29 is 0 Å². The van der Waals surface area contributed by atoms with Gasteiger partial charge in [-0.3, -0.25) is 0 Å². The standard InChI is InChI=1S/C12H21N3/c1-6-14-12-10(13-5)8-11(9(3)4)15(12)7-2/h6,8-9,13H,7H2,1-5H3/b14-6-. The summed E-state index contributed by atoms with van der Waals surface area (Å²) in [6, 6.07) is 2.19. The van der Waals surface area contributed by atoms with Gasteiger partial charge in [0.25, 0.3) is 0 Å². The summed E-state index contributed by atoms with van der Waals surface area (Å²) < 4.78 is 2.26. The number of nitrogens with zero attached hydrogens (tertiary/aromatic N) is 2. The monoisotopic (exact) mass is 207 g/mol. The van der Waals surface area contributed by atoms with Crippen molar-refractivity contribution >= 4 is 17.7 Å². The Bertz CT molecular complexity index is 348. The molecular weight excluding hydrogens is 186 g/mol. The van der Waals surface area contributed by atoms with Crippen molar-refractivity contribution in [2.45, 2.75) is 40.2 Å². The van der Waals surface area contributed by atoms with Gasteiger partial charge in [-0.1, -0.05) is 13.8 Å². The van der Waals surface area contributed by atoms with E-state index in [1.807, 2.05) is 20.2 Å². The lowest BCUT2D eigenvalue weighted by Crippen LogP contribution is -2.01. The van der Waals surface area contributed by atoms with E-state index in [1.54, 1.807) is 0 Å². The van der Waals surface area contributed by atoms with E-state index >= 15 is 0 Å². The van der Waals surface area contributed by atoms with E-state index in [2.05, 4.69) is 41.7 Å². The van der Waals surface area contributed by atoms with Crippen LogP contribution in [0.1, 0.15) is 39.3 Å². The van der Waals surface area contributed by atoms with Gasteiger partial charge in [-0.05, 0) is 25.8 Å². The van der Waals surface area contributed by atoms with Gasteiger partial charge >= 0.3 is 0 Å². The molecule has 15 heavy (non-hydrogen) atoms. The van der Waals surface area contributed by atoms with Gasteiger partial charge in [-0.15, -0.1) is 0 Å². The Morgan fingerprint density at radius 3 is 2.60 bits per heavy atom. The molecule has 0 aromatic carbocycles. The van der Waals surface area contributed by atoms with Crippen LogP contribution in [0, 0.1) is 0 Å². The van der Waals surface area contributed by atoms with Crippen LogP contribution in [0.3, 0.4) is 0 Å². The van der Waals surface area contributed by atoms with Crippen LogP contribution in [-0.2, 0) is 6.54 Å². The molecule has 3 nitrogen and oxygen atoms in total. The first kappa shape index (κ1) is 11.8. The fourth-order valence-corrected chi connectivity index (χ4v) is 1.81. The molecule has 1 rings (SSSR count). The van der Waals surface area contributed by atoms with Crippen LogP contribution in [-0.4, -0.2) is 17.8 Å². The molecule has 0 radical (unpaired) electrons. The van der Waals surface area contributed by atoms with Gasteiger partial charge in [0.2, 0.25) is 0 Å². The summed E-state index contributed by atoms with van der Waals surface area (Å²) in [7, 11) is 1.94. The van der Waals surface area contributed by atoms with Crippen LogP contribution in [0.2, 0.25) is 0 Å². The topological polar surface area (TPSA) is 29.3 Å². The first-order valence-electron chi connectivity index (χ1n) is 5.55. The van der Waals surface area contributed by atoms with Gasteiger partial charge in [-0.25, -0.2) is 4.99 Å². The lowest BCUT2D eigenvalue weighted by molar-refractivity contribution is 0.676. The Labute approximate surface area is 92.2 Å². The van der Waals surface area contributed by atoms with Crippen molar-refractivity contribution in [2.75, 3.05) is 12.4 Å². The Morgan fingerprint density at radius 2 is 2.20 bits per heavy atom. The molecule has 0 atom stereocenters. The average Bonchev–Trinajstić information content (AvgIpc) is 2.56. The Kier molecular flexibility index (Phi) is 3.95. The summed E-state index contributed by atoms with van der Waals surface area (Å²) in [5, 5.41) is 3.20. The average molecular weight is 207 g/mol. The van der Waals surface area contributed by atoms with Crippen LogP contribution in [0.25, 0.3) is 0 Å². The highest BCUT2D eigenvalue weighted by molar-refractivity contribution is 5.70. The normalized spacial score (nSPS) is 11.6. The van der Waals surface area contributed by atoms with Gasteiger partial charge in [-0.2, -0.15) is 0 Å². The lowest BCUT2D eigenvalue weighted by Gasteiger charge is -2.10. The van der Waals surface area contributed by atoms with Gasteiger partial charge in [0.1, 0.15) is 0 Å². The number of hydrogen-bond donors (Lipinski definition) is 1. The van der Waals surface area contributed by atoms with E-state index in [0.717, 1.165) is 18.1 Å². The number of anilines is 1. The summed E-state index contributed by atoms with van der Waals surface area (Å²) in [5.41, 5.74) is 2.45. The first-order valence-corrected chi connectivity index (χ1v) is 5.55. The first-order chi connectivity index (χ1) is 7.15. The van der Waals surface area contributed by atoms with Crippen LogP contribution >= 0.6 is 0 Å². The van der Waals surface area contributed by atoms with Gasteiger partial charge in [0, 0.05) is 25.5 Å². The number of rotatable bonds is 4. The summed E-state index contributed by atoms with van der Waals surface area (Å²) in [6.45, 7) is 9.48. The fraction of sp³-hybridized carbons (Fsp3) is 0.583. The smallest absolute Gasteiger partial charge is 0.155 e. The number of nitrogens with one attached hydrogen (secondary N) is 1. The molecule has 0 unspecified atom stereocenters. The third-order valence-corrected chi connectivity index (χ3v) is 2.53. The molecule has 0 spiro atoms. The maximum Gasteiger partial charge on any atom is 0.155 e. The minimum absolute atomic E-state index is 0.526. The highest BCUT2D eigenvalue weighted by Gasteiger charge is 2.14. The summed E-state index contributed by atoms with van der Waals surface area (Å²) in [5.74, 6) is 1.56. The minimum Gasteiger partial charge on any atom is -0.385 e. The molecule has 0 saturated carbocycles. The third-order valence-electron chi connectivity index (χ3n) is 2.53. The molecule has 0 saturated heterocycles. The molecule has 0 fully saturated rings. The van der Waals surface area contributed by atoms with Crippen molar-refractivity contribution in [3.05, 3.63) is 11.8 Å². The zero-order chi connectivity index (χ0) is 11.4. The van der Waals surface area contributed by atoms with Gasteiger partial charge < -0.3 is 9.88 Å². The molecule has 0 amide bonds. The Balaban J connectivity index is 3.32. The van der Waals surface area contributed by atoms with E-state index in [0.29, 0.717) is 5.92 Å². The maximum atomic E-state index is 4.43. The van der Waals surface area contributed by atoms with E-state index in [4.69, 9.17) is 0 Å². The predicted molar refractivity (Wildman–Crippen MR) is 67.6 cm³/mol. The molecule has 0 bridgehead atoms. The van der Waals surface area contributed by atoms with Gasteiger partial charge in [0.15, 0.2) is 5.82 Å². The zero-order valence-electron chi connectivity index (χ0n) is 10.3. The highest BCUT2D eigenvalue weighted by Crippen LogP contribution is 2.32. The minimum atomic E-state index is 0.526. The van der Waals surface area contributed by atoms with Gasteiger partial charge in [0.05, 0.1) is 5.69 Å². The SMILES string of the molecule is C/C=N\c1c(NC)cc(C(C)C)n1CC. The van der Waals surface area contributed by atoms with E-state index in [1.165, 1.54) is 5.69 Å². The molecule has 0 aliphatic heterocycles. The molecule has 0 aliphatic carbocycles. The van der Waals surface area contributed by atoms with Crippen LogP contribution in [0.5, 0.6) is 0 Å². The molecule has 1 N–H and O–H groups in total. The molecule has 3 heteroatoms. The number of hydrogen-bond acceptors (Lipinski definition) is 2. The second-order valence-electron chi connectivity index (χ2n) is 3.84. The molecular formula is C12H21N3. The van der Waals surface area contributed by atoms with Crippen LogP contribution in [0.15, 0.2) is 11.1 Å². The van der Waals surface area contributed by atoms with Crippen LogP contribution in [0.4, 0.5) is 11.5 Å². The largest absolute Gasteiger partial charge is 0.385 e. The second kappa shape index (κ2) is 5.01. The highest BCUT2D eigenvalue weighted by atomic mass is 15.1. The molecule has 1 aromatic rings. The van der Waals surface area contributed by atoms with Crippen molar-refractivity contribution in [2.24, 2.45) is 4.99 Å². The van der Waals surface area contributed by atoms with Crippen LogP contribution < -0.4 is 5.32 Å². The zero-order valence-corrected chi connectivity index (χ0v) is 10.3. The second-order valence-corrected chi connectivity index (χ2v) is 3.84.